The fraction of sp³-hybridized carbons (Fsp3) is 0.182. The lowest BCUT2D eigenvalue weighted by atomic mass is 10.3. The molecular formula is C11H11N5S. The highest BCUT2D eigenvalue weighted by Crippen LogP contribution is 2.24. The van der Waals surface area contributed by atoms with Gasteiger partial charge in [0, 0.05) is 14.1 Å². The van der Waals surface area contributed by atoms with Crippen LogP contribution in [0.15, 0.2) is 30.5 Å². The van der Waals surface area contributed by atoms with Gasteiger partial charge in [0.15, 0.2) is 5.01 Å². The number of hydrogen-bond donors (Lipinski definition) is 0. The zero-order valence-corrected chi connectivity index (χ0v) is 10.3. The highest BCUT2D eigenvalue weighted by molar-refractivity contribution is 7.09. The summed E-state index contributed by atoms with van der Waals surface area (Å²) in [4.78, 5) is 6.37. The van der Waals surface area contributed by atoms with Gasteiger partial charge in [-0.25, -0.2) is 4.52 Å². The lowest BCUT2D eigenvalue weighted by molar-refractivity contribution is 0.964. The summed E-state index contributed by atoms with van der Waals surface area (Å²) in [6.45, 7) is 0. The predicted octanol–water partition coefficient (Wildman–Crippen LogP) is 1.92. The van der Waals surface area contributed by atoms with Gasteiger partial charge in [-0.05, 0) is 29.7 Å². The van der Waals surface area contributed by atoms with Crippen LogP contribution in [0.2, 0.25) is 0 Å². The maximum absolute atomic E-state index is 4.48. The number of anilines is 1. The van der Waals surface area contributed by atoms with Crippen LogP contribution in [0, 0.1) is 0 Å². The van der Waals surface area contributed by atoms with Gasteiger partial charge in [-0.1, -0.05) is 6.07 Å². The molecule has 86 valence electrons. The number of hydrogen-bond acceptors (Lipinski definition) is 5. The minimum absolute atomic E-state index is 0.731. The lowest BCUT2D eigenvalue weighted by Crippen LogP contribution is -2.10. The molecule has 0 fully saturated rings. The molecule has 0 aliphatic rings. The Labute approximate surface area is 103 Å². The molecule has 0 aliphatic carbocycles. The molecule has 3 aromatic heterocycles. The average Bonchev–Trinajstić information content (AvgIpc) is 2.97. The summed E-state index contributed by atoms with van der Waals surface area (Å²) in [7, 11) is 3.86. The first-order valence-corrected chi connectivity index (χ1v) is 5.97. The first-order chi connectivity index (χ1) is 8.25. The molecule has 3 aromatic rings. The third-order valence-electron chi connectivity index (χ3n) is 2.46. The van der Waals surface area contributed by atoms with Crippen molar-refractivity contribution < 1.29 is 0 Å². The molecule has 6 heteroatoms. The van der Waals surface area contributed by atoms with Gasteiger partial charge >= 0.3 is 0 Å². The second-order valence-corrected chi connectivity index (χ2v) is 4.62. The molecule has 0 atom stereocenters. The summed E-state index contributed by atoms with van der Waals surface area (Å²) < 4.78 is 6.17. The van der Waals surface area contributed by atoms with E-state index in [9.17, 15) is 0 Å². The van der Waals surface area contributed by atoms with Crippen LogP contribution in [0.1, 0.15) is 0 Å². The second-order valence-electron chi connectivity index (χ2n) is 3.87. The number of fused-ring (bicyclic) bond motifs is 1. The summed E-state index contributed by atoms with van der Waals surface area (Å²) >= 11 is 1.39. The molecule has 0 spiro atoms. The fourth-order valence-corrected chi connectivity index (χ4v) is 2.36. The summed E-state index contributed by atoms with van der Waals surface area (Å²) in [6, 6.07) is 7.99. The van der Waals surface area contributed by atoms with Gasteiger partial charge in [0.05, 0.1) is 11.7 Å². The summed E-state index contributed by atoms with van der Waals surface area (Å²) in [5, 5.41) is 5.17. The quantitative estimate of drug-likeness (QED) is 0.692. The van der Waals surface area contributed by atoms with E-state index in [2.05, 4.69) is 14.5 Å². The summed E-state index contributed by atoms with van der Waals surface area (Å²) in [6.07, 6.45) is 1.78. The van der Waals surface area contributed by atoms with Gasteiger partial charge in [-0.3, -0.25) is 0 Å². The number of aromatic nitrogens is 4. The van der Waals surface area contributed by atoms with Crippen LogP contribution >= 0.6 is 11.5 Å². The van der Waals surface area contributed by atoms with Gasteiger partial charge in [-0.2, -0.15) is 14.5 Å². The van der Waals surface area contributed by atoms with Crippen molar-refractivity contribution in [2.24, 2.45) is 0 Å². The molecule has 0 saturated heterocycles. The topological polar surface area (TPSA) is 46.3 Å². The van der Waals surface area contributed by atoms with E-state index in [-0.39, 0.29) is 0 Å². The Morgan fingerprint density at radius 1 is 1.24 bits per heavy atom. The highest BCUT2D eigenvalue weighted by atomic mass is 32.1. The summed E-state index contributed by atoms with van der Waals surface area (Å²) in [5.74, 6) is 0.731. The van der Waals surface area contributed by atoms with Crippen LogP contribution in [-0.2, 0) is 0 Å². The van der Waals surface area contributed by atoms with E-state index in [1.807, 2.05) is 47.8 Å². The number of rotatable bonds is 2. The molecule has 0 amide bonds. The van der Waals surface area contributed by atoms with Gasteiger partial charge in [0.2, 0.25) is 5.95 Å². The third kappa shape index (κ3) is 1.66. The largest absolute Gasteiger partial charge is 0.346 e. The SMILES string of the molecule is CN(C)c1nsc(-c2cccc3ccnn23)n1. The zero-order valence-electron chi connectivity index (χ0n) is 9.53. The van der Waals surface area contributed by atoms with Gasteiger partial charge in [0.1, 0.15) is 5.69 Å². The van der Waals surface area contributed by atoms with Gasteiger partial charge < -0.3 is 4.90 Å². The van der Waals surface area contributed by atoms with Gasteiger partial charge in [0.25, 0.3) is 0 Å². The number of nitrogens with zero attached hydrogens (tertiary/aromatic N) is 5. The molecule has 3 rings (SSSR count). The van der Waals surface area contributed by atoms with E-state index in [1.165, 1.54) is 11.5 Å². The highest BCUT2D eigenvalue weighted by Gasteiger charge is 2.10. The van der Waals surface area contributed by atoms with E-state index in [0.717, 1.165) is 22.2 Å². The standard InChI is InChI=1S/C11H11N5S/c1-15(2)11-13-10(17-14-11)9-5-3-4-8-6-7-12-16(8)9/h3-7H,1-2H3. The van der Waals surface area contributed by atoms with E-state index in [0.29, 0.717) is 0 Å². The monoisotopic (exact) mass is 245 g/mol. The molecule has 0 aliphatic heterocycles. The van der Waals surface area contributed by atoms with Crippen molar-refractivity contribution in [2.75, 3.05) is 19.0 Å². The van der Waals surface area contributed by atoms with Crippen molar-refractivity contribution in [2.45, 2.75) is 0 Å². The molecule has 0 bridgehead atoms. The van der Waals surface area contributed by atoms with Crippen LogP contribution in [-0.4, -0.2) is 33.1 Å². The minimum atomic E-state index is 0.731. The molecule has 0 radical (unpaired) electrons. The van der Waals surface area contributed by atoms with Crippen molar-refractivity contribution in [1.29, 1.82) is 0 Å². The predicted molar refractivity (Wildman–Crippen MR) is 68.4 cm³/mol. The maximum atomic E-state index is 4.48. The Morgan fingerprint density at radius 3 is 2.88 bits per heavy atom. The van der Waals surface area contributed by atoms with Crippen LogP contribution < -0.4 is 4.90 Å². The van der Waals surface area contributed by atoms with Crippen molar-refractivity contribution in [3.8, 4) is 10.7 Å². The van der Waals surface area contributed by atoms with E-state index < -0.39 is 0 Å². The van der Waals surface area contributed by atoms with Crippen molar-refractivity contribution >= 4 is 23.0 Å². The first kappa shape index (κ1) is 10.2. The number of pyridine rings is 1. The molecule has 5 nitrogen and oxygen atoms in total. The van der Waals surface area contributed by atoms with E-state index in [4.69, 9.17) is 0 Å². The third-order valence-corrected chi connectivity index (χ3v) is 3.18. The molecule has 0 saturated carbocycles. The Kier molecular flexibility index (Phi) is 2.29. The van der Waals surface area contributed by atoms with Crippen LogP contribution in [0.25, 0.3) is 16.2 Å². The summed E-state index contributed by atoms with van der Waals surface area (Å²) in [5.41, 5.74) is 2.03. The maximum Gasteiger partial charge on any atom is 0.237 e. The van der Waals surface area contributed by atoms with E-state index >= 15 is 0 Å². The molecular weight excluding hydrogens is 234 g/mol. The van der Waals surface area contributed by atoms with Crippen LogP contribution in [0.3, 0.4) is 0 Å². The zero-order chi connectivity index (χ0) is 11.8. The van der Waals surface area contributed by atoms with Crippen molar-refractivity contribution in [3.05, 3.63) is 30.5 Å². The molecule has 0 unspecified atom stereocenters. The van der Waals surface area contributed by atoms with Crippen LogP contribution in [0.5, 0.6) is 0 Å². The Hall–Kier alpha value is -1.95. The molecule has 0 N–H and O–H groups in total. The van der Waals surface area contributed by atoms with Gasteiger partial charge in [-0.15, -0.1) is 0 Å². The lowest BCUT2D eigenvalue weighted by Gasteiger charge is -2.04. The Morgan fingerprint density at radius 2 is 2.12 bits per heavy atom. The molecule has 0 aromatic carbocycles. The second kappa shape index (κ2) is 3.81. The smallest absolute Gasteiger partial charge is 0.237 e. The first-order valence-electron chi connectivity index (χ1n) is 5.20. The molecule has 17 heavy (non-hydrogen) atoms. The Balaban J connectivity index is 2.16. The van der Waals surface area contributed by atoms with Crippen molar-refractivity contribution in [3.63, 3.8) is 0 Å². The van der Waals surface area contributed by atoms with Crippen LogP contribution in [0.4, 0.5) is 5.95 Å². The molecule has 3 heterocycles. The minimum Gasteiger partial charge on any atom is -0.346 e. The fourth-order valence-electron chi connectivity index (χ4n) is 1.61. The normalized spacial score (nSPS) is 10.9. The van der Waals surface area contributed by atoms with Crippen molar-refractivity contribution in [1.82, 2.24) is 19.0 Å². The Bertz CT molecular complexity index is 654. The van der Waals surface area contributed by atoms with E-state index in [1.54, 1.807) is 6.20 Å². The average molecular weight is 245 g/mol.